The number of imidazole rings is 1. The van der Waals surface area contributed by atoms with Crippen molar-refractivity contribution in [3.63, 3.8) is 0 Å². The van der Waals surface area contributed by atoms with Crippen molar-refractivity contribution in [2.24, 2.45) is 5.73 Å². The summed E-state index contributed by atoms with van der Waals surface area (Å²) >= 11 is 0. The van der Waals surface area contributed by atoms with Gasteiger partial charge in [0, 0.05) is 25.1 Å². The van der Waals surface area contributed by atoms with Crippen molar-refractivity contribution in [1.29, 1.82) is 0 Å². The summed E-state index contributed by atoms with van der Waals surface area (Å²) in [5.41, 5.74) is 7.61. The average molecular weight is 213 g/mol. The van der Waals surface area contributed by atoms with Crippen molar-refractivity contribution in [2.75, 3.05) is 0 Å². The summed E-state index contributed by atoms with van der Waals surface area (Å²) in [5.74, 6) is 0.790. The summed E-state index contributed by atoms with van der Waals surface area (Å²) in [7, 11) is 0. The summed E-state index contributed by atoms with van der Waals surface area (Å²) in [4.78, 5) is 4.51. The highest BCUT2D eigenvalue weighted by molar-refractivity contribution is 5.48. The van der Waals surface area contributed by atoms with Crippen LogP contribution in [-0.2, 0) is 6.54 Å². The molecule has 0 aliphatic rings. The lowest BCUT2D eigenvalue weighted by molar-refractivity contribution is 0.825. The second-order valence-electron chi connectivity index (χ2n) is 3.47. The molecule has 0 radical (unpaired) electrons. The molecule has 0 unspecified atom stereocenters. The zero-order chi connectivity index (χ0) is 11.0. The van der Waals surface area contributed by atoms with Gasteiger partial charge < -0.3 is 10.1 Å². The van der Waals surface area contributed by atoms with Crippen LogP contribution in [-0.4, -0.2) is 19.2 Å². The zero-order valence-electron chi connectivity index (χ0n) is 8.61. The number of aromatic nitrogens is 4. The van der Waals surface area contributed by atoms with Crippen LogP contribution in [0.1, 0.15) is 5.69 Å². The molecular formula is C11H11N5. The Labute approximate surface area is 92.1 Å². The monoisotopic (exact) mass is 213 g/mol. The lowest BCUT2D eigenvalue weighted by atomic mass is 10.4. The molecule has 2 N–H and O–H groups in total. The van der Waals surface area contributed by atoms with Crippen LogP contribution >= 0.6 is 0 Å². The molecular weight excluding hydrogens is 202 g/mol. The Kier molecular flexibility index (Phi) is 1.97. The normalized spacial score (nSPS) is 11.1. The van der Waals surface area contributed by atoms with E-state index in [1.54, 1.807) is 10.9 Å². The fourth-order valence-electron chi connectivity index (χ4n) is 1.80. The third-order valence-electron chi connectivity index (χ3n) is 2.52. The molecule has 3 aromatic rings. The predicted octanol–water partition coefficient (Wildman–Crippen LogP) is 0.979. The zero-order valence-corrected chi connectivity index (χ0v) is 8.61. The smallest absolute Gasteiger partial charge is 0.176 e. The van der Waals surface area contributed by atoms with Crippen molar-refractivity contribution in [3.05, 3.63) is 48.5 Å². The van der Waals surface area contributed by atoms with Gasteiger partial charge in [-0.2, -0.15) is 5.10 Å². The van der Waals surface area contributed by atoms with E-state index < -0.39 is 0 Å². The van der Waals surface area contributed by atoms with Crippen LogP contribution in [0.2, 0.25) is 0 Å². The van der Waals surface area contributed by atoms with E-state index in [1.165, 1.54) is 0 Å². The minimum Gasteiger partial charge on any atom is -0.325 e. The van der Waals surface area contributed by atoms with Gasteiger partial charge in [-0.25, -0.2) is 9.67 Å². The van der Waals surface area contributed by atoms with E-state index in [2.05, 4.69) is 10.1 Å². The van der Waals surface area contributed by atoms with Crippen LogP contribution in [0.5, 0.6) is 0 Å². The summed E-state index contributed by atoms with van der Waals surface area (Å²) in [5, 5.41) is 4.18. The van der Waals surface area contributed by atoms with Gasteiger partial charge in [0.1, 0.15) is 5.65 Å². The topological polar surface area (TPSA) is 61.1 Å². The Hall–Kier alpha value is -2.14. The Bertz CT molecular complexity index is 608. The fourth-order valence-corrected chi connectivity index (χ4v) is 1.80. The summed E-state index contributed by atoms with van der Waals surface area (Å²) in [6.07, 6.45) is 5.54. The molecule has 3 aromatic heterocycles. The van der Waals surface area contributed by atoms with Crippen molar-refractivity contribution in [1.82, 2.24) is 19.2 Å². The molecule has 3 heterocycles. The number of nitrogens with two attached hydrogens (primary N) is 1. The van der Waals surface area contributed by atoms with E-state index in [4.69, 9.17) is 5.73 Å². The number of rotatable bonds is 2. The maximum Gasteiger partial charge on any atom is 0.176 e. The fraction of sp³-hybridized carbons (Fsp3) is 0.0909. The van der Waals surface area contributed by atoms with Gasteiger partial charge in [0.25, 0.3) is 0 Å². The molecule has 0 aromatic carbocycles. The largest absolute Gasteiger partial charge is 0.325 e. The van der Waals surface area contributed by atoms with Gasteiger partial charge in [-0.1, -0.05) is 6.07 Å². The first-order valence-corrected chi connectivity index (χ1v) is 5.06. The second kappa shape index (κ2) is 3.46. The van der Waals surface area contributed by atoms with Gasteiger partial charge in [-0.05, 0) is 18.2 Å². The van der Waals surface area contributed by atoms with E-state index in [9.17, 15) is 0 Å². The molecule has 0 fully saturated rings. The van der Waals surface area contributed by atoms with Crippen LogP contribution in [0, 0.1) is 0 Å². The predicted molar refractivity (Wildman–Crippen MR) is 60.2 cm³/mol. The first kappa shape index (κ1) is 9.11. The van der Waals surface area contributed by atoms with E-state index in [0.717, 1.165) is 17.2 Å². The first-order valence-electron chi connectivity index (χ1n) is 5.06. The van der Waals surface area contributed by atoms with Crippen LogP contribution < -0.4 is 5.73 Å². The van der Waals surface area contributed by atoms with Gasteiger partial charge in [0.05, 0.1) is 5.69 Å². The molecule has 0 aliphatic carbocycles. The molecule has 5 nitrogen and oxygen atoms in total. The summed E-state index contributed by atoms with van der Waals surface area (Å²) in [6, 6.07) is 7.73. The molecule has 16 heavy (non-hydrogen) atoms. The molecule has 0 bridgehead atoms. The highest BCUT2D eigenvalue weighted by atomic mass is 15.3. The maximum atomic E-state index is 5.77. The van der Waals surface area contributed by atoms with Crippen LogP contribution in [0.4, 0.5) is 0 Å². The number of fused-ring (bicyclic) bond motifs is 1. The minimum absolute atomic E-state index is 0.431. The van der Waals surface area contributed by atoms with Crippen molar-refractivity contribution in [2.45, 2.75) is 6.54 Å². The molecule has 5 heteroatoms. The second-order valence-corrected chi connectivity index (χ2v) is 3.47. The Morgan fingerprint density at radius 1 is 1.19 bits per heavy atom. The van der Waals surface area contributed by atoms with E-state index in [0.29, 0.717) is 6.54 Å². The molecule has 0 atom stereocenters. The number of hydrogen-bond acceptors (Lipinski definition) is 3. The number of pyridine rings is 1. The first-order chi connectivity index (χ1) is 7.90. The Morgan fingerprint density at radius 3 is 2.88 bits per heavy atom. The van der Waals surface area contributed by atoms with Crippen LogP contribution in [0.15, 0.2) is 42.9 Å². The van der Waals surface area contributed by atoms with Crippen molar-refractivity contribution < 1.29 is 0 Å². The van der Waals surface area contributed by atoms with Crippen LogP contribution in [0.25, 0.3) is 11.5 Å². The minimum atomic E-state index is 0.431. The molecule has 3 rings (SSSR count). The molecule has 80 valence electrons. The number of nitrogens with zero attached hydrogens (tertiary/aromatic N) is 4. The summed E-state index contributed by atoms with van der Waals surface area (Å²) in [6.45, 7) is 0.431. The van der Waals surface area contributed by atoms with Crippen molar-refractivity contribution in [3.8, 4) is 5.82 Å². The molecule has 0 saturated heterocycles. The van der Waals surface area contributed by atoms with Gasteiger partial charge >= 0.3 is 0 Å². The van der Waals surface area contributed by atoms with E-state index >= 15 is 0 Å². The number of hydrogen-bond donors (Lipinski definition) is 1. The van der Waals surface area contributed by atoms with Gasteiger partial charge in [-0.15, -0.1) is 0 Å². The van der Waals surface area contributed by atoms with E-state index in [1.807, 2.05) is 41.1 Å². The van der Waals surface area contributed by atoms with Gasteiger partial charge in [0.15, 0.2) is 5.82 Å². The van der Waals surface area contributed by atoms with Gasteiger partial charge in [-0.3, -0.25) is 0 Å². The molecule has 0 amide bonds. The highest BCUT2D eigenvalue weighted by Crippen LogP contribution is 2.15. The SMILES string of the molecule is NCc1c(-n2cccn2)nc2ccccn12. The average Bonchev–Trinajstić information content (AvgIpc) is 2.95. The molecule has 0 aliphatic heterocycles. The molecule has 0 saturated carbocycles. The Balaban J connectivity index is 2.32. The van der Waals surface area contributed by atoms with Gasteiger partial charge in [0.2, 0.25) is 0 Å². The third kappa shape index (κ3) is 1.22. The lowest BCUT2D eigenvalue weighted by Crippen LogP contribution is -2.06. The van der Waals surface area contributed by atoms with Crippen LogP contribution in [0.3, 0.4) is 0 Å². The summed E-state index contributed by atoms with van der Waals surface area (Å²) < 4.78 is 3.71. The maximum absolute atomic E-state index is 5.77. The van der Waals surface area contributed by atoms with E-state index in [-0.39, 0.29) is 0 Å². The molecule has 0 spiro atoms. The van der Waals surface area contributed by atoms with Crippen molar-refractivity contribution >= 4 is 5.65 Å². The Morgan fingerprint density at radius 2 is 2.12 bits per heavy atom. The standard InChI is InChI=1S/C11H11N5/c12-8-9-11(16-7-3-5-13-16)14-10-4-1-2-6-15(9)10/h1-7H,8,12H2. The third-order valence-corrected chi connectivity index (χ3v) is 2.52. The lowest BCUT2D eigenvalue weighted by Gasteiger charge is -2.00. The highest BCUT2D eigenvalue weighted by Gasteiger charge is 2.11. The quantitative estimate of drug-likeness (QED) is 0.690.